The summed E-state index contributed by atoms with van der Waals surface area (Å²) in [6, 6.07) is 9.74. The minimum Gasteiger partial charge on any atom is -0.375 e. The number of anilines is 1. The van der Waals surface area contributed by atoms with Crippen LogP contribution in [-0.4, -0.2) is 59.3 Å². The lowest BCUT2D eigenvalue weighted by atomic mass is 10.0. The molecule has 0 aromatic heterocycles. The number of ether oxygens (including phenoxy) is 1. The standard InChI is InChI=1S/C26H34FN3O5S/c1-35-19-25(31)30-15-6-4-2-3-5-13-28-18-21-17-20(7-12-24(21)30)26(32)29-14-16-36(33,34)23-10-8-22(27)9-11-23/h7-12,17,28H,2-6,13-16,18-19H2,1H3,(H,29,32). The summed E-state index contributed by atoms with van der Waals surface area (Å²) in [6.45, 7) is 1.78. The highest BCUT2D eigenvalue weighted by molar-refractivity contribution is 7.91. The van der Waals surface area contributed by atoms with E-state index in [9.17, 15) is 22.4 Å². The van der Waals surface area contributed by atoms with E-state index < -0.39 is 21.6 Å². The maximum Gasteiger partial charge on any atom is 0.252 e. The first kappa shape index (κ1) is 27.8. The lowest BCUT2D eigenvalue weighted by molar-refractivity contribution is -0.122. The molecule has 10 heteroatoms. The van der Waals surface area contributed by atoms with Gasteiger partial charge in [-0.2, -0.15) is 0 Å². The highest BCUT2D eigenvalue weighted by Crippen LogP contribution is 2.24. The number of nitrogens with zero attached hydrogens (tertiary/aromatic N) is 1. The molecule has 0 atom stereocenters. The van der Waals surface area contributed by atoms with Gasteiger partial charge in [0, 0.05) is 38.0 Å². The van der Waals surface area contributed by atoms with E-state index in [0.717, 1.165) is 62.0 Å². The summed E-state index contributed by atoms with van der Waals surface area (Å²) in [4.78, 5) is 27.3. The smallest absolute Gasteiger partial charge is 0.252 e. The molecule has 0 bridgehead atoms. The minimum atomic E-state index is -3.66. The number of hydrogen-bond acceptors (Lipinski definition) is 6. The van der Waals surface area contributed by atoms with Gasteiger partial charge in [0.1, 0.15) is 12.4 Å². The van der Waals surface area contributed by atoms with Gasteiger partial charge in [-0.05, 0) is 67.4 Å². The Labute approximate surface area is 212 Å². The van der Waals surface area contributed by atoms with Gasteiger partial charge >= 0.3 is 0 Å². The molecule has 2 N–H and O–H groups in total. The van der Waals surface area contributed by atoms with Crippen molar-refractivity contribution in [2.75, 3.05) is 44.0 Å². The maximum atomic E-state index is 13.1. The molecule has 2 amide bonds. The van der Waals surface area contributed by atoms with Gasteiger partial charge in [0.2, 0.25) is 0 Å². The Hall–Kier alpha value is -2.82. The number of carbonyl (C=O) groups excluding carboxylic acids is 2. The molecule has 1 heterocycles. The molecule has 0 radical (unpaired) electrons. The molecule has 3 rings (SSSR count). The molecule has 0 spiro atoms. The first-order valence-corrected chi connectivity index (χ1v) is 13.9. The van der Waals surface area contributed by atoms with E-state index in [0.29, 0.717) is 18.7 Å². The zero-order valence-electron chi connectivity index (χ0n) is 20.6. The average Bonchev–Trinajstić information content (AvgIpc) is 2.84. The van der Waals surface area contributed by atoms with Crippen molar-refractivity contribution in [1.82, 2.24) is 10.6 Å². The van der Waals surface area contributed by atoms with Crippen molar-refractivity contribution < 1.29 is 27.1 Å². The lowest BCUT2D eigenvalue weighted by Gasteiger charge is -2.26. The van der Waals surface area contributed by atoms with E-state index in [1.165, 1.54) is 19.2 Å². The van der Waals surface area contributed by atoms with Crippen LogP contribution in [0.4, 0.5) is 10.1 Å². The molecule has 8 nitrogen and oxygen atoms in total. The van der Waals surface area contributed by atoms with E-state index in [2.05, 4.69) is 10.6 Å². The molecule has 1 aliphatic rings. The number of amides is 2. The Bertz CT molecular complexity index is 1140. The third-order valence-electron chi connectivity index (χ3n) is 6.08. The van der Waals surface area contributed by atoms with Crippen molar-refractivity contribution in [3.8, 4) is 0 Å². The van der Waals surface area contributed by atoms with Crippen molar-refractivity contribution in [2.45, 2.75) is 43.5 Å². The second-order valence-corrected chi connectivity index (χ2v) is 10.9. The highest BCUT2D eigenvalue weighted by atomic mass is 32.2. The predicted molar refractivity (Wildman–Crippen MR) is 136 cm³/mol. The van der Waals surface area contributed by atoms with Crippen molar-refractivity contribution in [3.05, 3.63) is 59.4 Å². The Morgan fingerprint density at radius 2 is 1.78 bits per heavy atom. The summed E-state index contributed by atoms with van der Waals surface area (Å²) in [5.41, 5.74) is 1.92. The number of carbonyl (C=O) groups is 2. The Morgan fingerprint density at radius 1 is 1.06 bits per heavy atom. The fraction of sp³-hybridized carbons (Fsp3) is 0.462. The van der Waals surface area contributed by atoms with Crippen molar-refractivity contribution in [2.24, 2.45) is 0 Å². The van der Waals surface area contributed by atoms with E-state index >= 15 is 0 Å². The molecule has 0 aliphatic carbocycles. The second kappa shape index (κ2) is 13.5. The normalized spacial score (nSPS) is 15.3. The van der Waals surface area contributed by atoms with Crippen LogP contribution in [0.25, 0.3) is 0 Å². The molecule has 0 unspecified atom stereocenters. The van der Waals surface area contributed by atoms with Crippen LogP contribution >= 0.6 is 0 Å². The van der Waals surface area contributed by atoms with E-state index in [1.54, 1.807) is 23.1 Å². The van der Waals surface area contributed by atoms with Gasteiger partial charge in [0.25, 0.3) is 11.8 Å². The molecule has 1 aliphatic heterocycles. The zero-order chi connectivity index (χ0) is 26.0. The first-order valence-electron chi connectivity index (χ1n) is 12.2. The number of methoxy groups -OCH3 is 1. The number of halogens is 1. The van der Waals surface area contributed by atoms with Gasteiger partial charge in [-0.3, -0.25) is 9.59 Å². The van der Waals surface area contributed by atoms with Crippen molar-refractivity contribution in [3.63, 3.8) is 0 Å². The van der Waals surface area contributed by atoms with Crippen LogP contribution in [-0.2, 0) is 25.9 Å². The summed E-state index contributed by atoms with van der Waals surface area (Å²) in [7, 11) is -2.18. The summed E-state index contributed by atoms with van der Waals surface area (Å²) < 4.78 is 43.1. The molecular weight excluding hydrogens is 485 g/mol. The van der Waals surface area contributed by atoms with Gasteiger partial charge in [-0.1, -0.05) is 19.3 Å². The molecule has 0 fully saturated rings. The molecule has 196 valence electrons. The Morgan fingerprint density at radius 3 is 2.53 bits per heavy atom. The maximum absolute atomic E-state index is 13.1. The number of benzene rings is 2. The van der Waals surface area contributed by atoms with Gasteiger partial charge < -0.3 is 20.3 Å². The fourth-order valence-electron chi connectivity index (χ4n) is 4.15. The van der Waals surface area contributed by atoms with Crippen LogP contribution in [0.15, 0.2) is 47.4 Å². The van der Waals surface area contributed by atoms with Crippen LogP contribution in [0.1, 0.15) is 48.0 Å². The summed E-state index contributed by atoms with van der Waals surface area (Å²) in [5.74, 6) is -1.38. The fourth-order valence-corrected chi connectivity index (χ4v) is 5.30. The molecule has 2 aromatic carbocycles. The monoisotopic (exact) mass is 519 g/mol. The van der Waals surface area contributed by atoms with E-state index in [4.69, 9.17) is 4.74 Å². The van der Waals surface area contributed by atoms with E-state index in [-0.39, 0.29) is 29.7 Å². The largest absolute Gasteiger partial charge is 0.375 e. The lowest BCUT2D eigenvalue weighted by Crippen LogP contribution is -2.36. The summed E-state index contributed by atoms with van der Waals surface area (Å²) in [5, 5.41) is 6.05. The van der Waals surface area contributed by atoms with Crippen molar-refractivity contribution in [1.29, 1.82) is 0 Å². The van der Waals surface area contributed by atoms with Gasteiger partial charge in [-0.15, -0.1) is 0 Å². The molecule has 2 aromatic rings. The Balaban J connectivity index is 1.74. The topological polar surface area (TPSA) is 105 Å². The molecule has 0 saturated heterocycles. The van der Waals surface area contributed by atoms with Gasteiger partial charge in [0.15, 0.2) is 9.84 Å². The number of rotatable bonds is 7. The van der Waals surface area contributed by atoms with Crippen LogP contribution in [0.5, 0.6) is 0 Å². The highest BCUT2D eigenvalue weighted by Gasteiger charge is 2.21. The number of nitrogens with one attached hydrogen (secondary N) is 2. The zero-order valence-corrected chi connectivity index (χ0v) is 21.4. The number of hydrogen-bond donors (Lipinski definition) is 2. The quantitative estimate of drug-likeness (QED) is 0.545. The molecular formula is C26H34FN3O5S. The van der Waals surface area contributed by atoms with Crippen molar-refractivity contribution >= 4 is 27.3 Å². The molecule has 0 saturated carbocycles. The first-order chi connectivity index (χ1) is 17.3. The number of sulfone groups is 1. The summed E-state index contributed by atoms with van der Waals surface area (Å²) >= 11 is 0. The van der Waals surface area contributed by atoms with Crippen LogP contribution in [0.3, 0.4) is 0 Å². The molecule has 36 heavy (non-hydrogen) atoms. The minimum absolute atomic E-state index is 0.00448. The van der Waals surface area contributed by atoms with E-state index in [1.807, 2.05) is 0 Å². The van der Waals surface area contributed by atoms with Gasteiger partial charge in [-0.25, -0.2) is 12.8 Å². The SMILES string of the molecule is COCC(=O)N1CCCCCCCNCc2cc(C(=O)NCCS(=O)(=O)c3ccc(F)cc3)ccc21. The average molecular weight is 520 g/mol. The van der Waals surface area contributed by atoms with Crippen LogP contribution in [0.2, 0.25) is 0 Å². The Kier molecular flexibility index (Phi) is 10.4. The third kappa shape index (κ3) is 7.84. The number of fused-ring (bicyclic) bond motifs is 1. The van der Waals surface area contributed by atoms with Gasteiger partial charge in [0.05, 0.1) is 10.6 Å². The van der Waals surface area contributed by atoms with Crippen LogP contribution in [0, 0.1) is 5.82 Å². The second-order valence-electron chi connectivity index (χ2n) is 8.80. The summed E-state index contributed by atoms with van der Waals surface area (Å²) in [6.07, 6.45) is 5.22. The predicted octanol–water partition coefficient (Wildman–Crippen LogP) is 3.06. The van der Waals surface area contributed by atoms with Crippen LogP contribution < -0.4 is 15.5 Å². The third-order valence-corrected chi connectivity index (χ3v) is 7.81.